The molecule has 2 unspecified atom stereocenters. The summed E-state index contributed by atoms with van der Waals surface area (Å²) in [5.41, 5.74) is 4.53. The van der Waals surface area contributed by atoms with Gasteiger partial charge in [0.15, 0.2) is 0 Å². The molecule has 0 bridgehead atoms. The van der Waals surface area contributed by atoms with Gasteiger partial charge in [0.1, 0.15) is 11.1 Å². The summed E-state index contributed by atoms with van der Waals surface area (Å²) < 4.78 is 0. The molecule has 2 amide bonds. The molecule has 1 saturated heterocycles. The molecule has 0 spiro atoms. The summed E-state index contributed by atoms with van der Waals surface area (Å²) in [6.07, 6.45) is 2.99. The number of carbonyl (C=O) groups excluding carboxylic acids is 2. The van der Waals surface area contributed by atoms with Gasteiger partial charge in [-0.2, -0.15) is 5.26 Å². The van der Waals surface area contributed by atoms with Crippen LogP contribution in [0.3, 0.4) is 0 Å². The fraction of sp³-hybridized carbons (Fsp3) is 0.440. The van der Waals surface area contributed by atoms with Gasteiger partial charge in [-0.1, -0.05) is 50.2 Å². The molecule has 2 heterocycles. The summed E-state index contributed by atoms with van der Waals surface area (Å²) in [4.78, 5) is 31.7. The van der Waals surface area contributed by atoms with Crippen molar-refractivity contribution < 1.29 is 9.59 Å². The first-order chi connectivity index (χ1) is 14.7. The third kappa shape index (κ3) is 4.24. The van der Waals surface area contributed by atoms with E-state index in [1.54, 1.807) is 12.1 Å². The lowest BCUT2D eigenvalue weighted by Crippen LogP contribution is -2.31. The molecule has 2 atom stereocenters. The molecule has 1 aromatic heterocycles. The van der Waals surface area contributed by atoms with Crippen LogP contribution >= 0.6 is 11.8 Å². The number of fused-ring (bicyclic) bond motifs is 1. The van der Waals surface area contributed by atoms with Crippen LogP contribution in [0.5, 0.6) is 0 Å². The zero-order valence-electron chi connectivity index (χ0n) is 18.4. The standard InChI is InChI=1S/C25H27N3O2S/c1-15-5-8-19(9-6-15)28-22(29)13-21(24(28)30)31-23-17(14-26)11-16-12-18(25(2,3)4)7-10-20(16)27-23/h5-6,8-9,11,18,21H,7,10,12-13H2,1-4H3. The summed E-state index contributed by atoms with van der Waals surface area (Å²) in [7, 11) is 0. The Bertz CT molecular complexity index is 1080. The largest absolute Gasteiger partial charge is 0.274 e. The molecular weight excluding hydrogens is 406 g/mol. The minimum absolute atomic E-state index is 0.118. The number of anilines is 1. The number of aromatic nitrogens is 1. The van der Waals surface area contributed by atoms with Gasteiger partial charge in [-0.05, 0) is 61.3 Å². The molecule has 160 valence electrons. The van der Waals surface area contributed by atoms with Crippen molar-refractivity contribution in [1.82, 2.24) is 4.98 Å². The van der Waals surface area contributed by atoms with Gasteiger partial charge in [0.05, 0.1) is 16.5 Å². The molecule has 2 aromatic rings. The van der Waals surface area contributed by atoms with E-state index >= 15 is 0 Å². The third-order valence-electron chi connectivity index (χ3n) is 6.35. The second-order valence-corrected chi connectivity index (χ2v) is 10.8. The maximum Gasteiger partial charge on any atom is 0.247 e. The van der Waals surface area contributed by atoms with Crippen LogP contribution < -0.4 is 4.90 Å². The van der Waals surface area contributed by atoms with Crippen molar-refractivity contribution >= 4 is 29.3 Å². The van der Waals surface area contributed by atoms with Crippen LogP contribution in [0.4, 0.5) is 5.69 Å². The van der Waals surface area contributed by atoms with E-state index in [0.29, 0.717) is 22.2 Å². The molecule has 0 radical (unpaired) electrons. The van der Waals surface area contributed by atoms with E-state index in [2.05, 4.69) is 26.8 Å². The number of nitrogens with zero attached hydrogens (tertiary/aromatic N) is 3. The van der Waals surface area contributed by atoms with Gasteiger partial charge in [-0.25, -0.2) is 9.88 Å². The van der Waals surface area contributed by atoms with E-state index in [0.717, 1.165) is 36.1 Å². The monoisotopic (exact) mass is 433 g/mol. The molecule has 4 rings (SSSR count). The summed E-state index contributed by atoms with van der Waals surface area (Å²) in [5, 5.41) is 9.73. The number of carbonyl (C=O) groups is 2. The van der Waals surface area contributed by atoms with Gasteiger partial charge >= 0.3 is 0 Å². The fourth-order valence-electron chi connectivity index (χ4n) is 4.35. The molecule has 6 heteroatoms. The normalized spacial score (nSPS) is 21.2. The highest BCUT2D eigenvalue weighted by Crippen LogP contribution is 2.40. The van der Waals surface area contributed by atoms with Crippen molar-refractivity contribution in [3.63, 3.8) is 0 Å². The lowest BCUT2D eigenvalue weighted by Gasteiger charge is -2.34. The summed E-state index contributed by atoms with van der Waals surface area (Å²) >= 11 is 1.25. The number of amides is 2. The number of benzene rings is 1. The number of rotatable bonds is 3. The summed E-state index contributed by atoms with van der Waals surface area (Å²) in [5.74, 6) is 0.106. The molecule has 0 N–H and O–H groups in total. The van der Waals surface area contributed by atoms with Crippen LogP contribution in [0.2, 0.25) is 0 Å². The average Bonchev–Trinajstić information content (AvgIpc) is 3.00. The van der Waals surface area contributed by atoms with Crippen LogP contribution in [-0.4, -0.2) is 22.0 Å². The molecule has 1 aliphatic heterocycles. The highest BCUT2D eigenvalue weighted by Gasteiger charge is 2.41. The quantitative estimate of drug-likeness (QED) is 0.648. The van der Waals surface area contributed by atoms with Gasteiger partial charge in [-0.15, -0.1) is 0 Å². The Labute approximate surface area is 187 Å². The van der Waals surface area contributed by atoms with Crippen molar-refractivity contribution in [2.45, 2.75) is 63.7 Å². The van der Waals surface area contributed by atoms with Crippen LogP contribution in [0.25, 0.3) is 0 Å². The van der Waals surface area contributed by atoms with Crippen molar-refractivity contribution in [1.29, 1.82) is 5.26 Å². The Hall–Kier alpha value is -2.65. The van der Waals surface area contributed by atoms with E-state index in [4.69, 9.17) is 4.98 Å². The first-order valence-electron chi connectivity index (χ1n) is 10.7. The van der Waals surface area contributed by atoms with E-state index in [1.807, 2.05) is 25.1 Å². The number of imide groups is 1. The second kappa shape index (κ2) is 8.12. The molecule has 2 aliphatic rings. The average molecular weight is 434 g/mol. The molecule has 1 aliphatic carbocycles. The van der Waals surface area contributed by atoms with Crippen molar-refractivity contribution in [3.8, 4) is 6.07 Å². The van der Waals surface area contributed by atoms with E-state index < -0.39 is 5.25 Å². The van der Waals surface area contributed by atoms with Gasteiger partial charge in [0.2, 0.25) is 11.8 Å². The fourth-order valence-corrected chi connectivity index (χ4v) is 5.45. The summed E-state index contributed by atoms with van der Waals surface area (Å²) in [6, 6.07) is 11.6. The molecule has 1 aromatic carbocycles. The number of aryl methyl sites for hydroxylation is 2. The van der Waals surface area contributed by atoms with Crippen LogP contribution in [0, 0.1) is 29.6 Å². The minimum atomic E-state index is -0.558. The van der Waals surface area contributed by atoms with Crippen molar-refractivity contribution in [3.05, 3.63) is 52.7 Å². The zero-order valence-corrected chi connectivity index (χ0v) is 19.3. The third-order valence-corrected chi connectivity index (χ3v) is 7.54. The Morgan fingerprint density at radius 3 is 2.52 bits per heavy atom. The smallest absolute Gasteiger partial charge is 0.247 e. The van der Waals surface area contributed by atoms with Gasteiger partial charge in [0, 0.05) is 12.1 Å². The molecular formula is C25H27N3O2S. The number of hydrogen-bond donors (Lipinski definition) is 0. The first kappa shape index (κ1) is 21.6. The SMILES string of the molecule is Cc1ccc(N2C(=O)CC(Sc3nc4c(cc3C#N)CC(C(C)(C)C)CC4)C2=O)cc1. The molecule has 31 heavy (non-hydrogen) atoms. The van der Waals surface area contributed by atoms with Crippen molar-refractivity contribution in [2.75, 3.05) is 4.90 Å². The highest BCUT2D eigenvalue weighted by molar-refractivity contribution is 8.00. The Morgan fingerprint density at radius 1 is 1.16 bits per heavy atom. The first-order valence-corrected chi connectivity index (χ1v) is 11.6. The van der Waals surface area contributed by atoms with Crippen LogP contribution in [-0.2, 0) is 22.4 Å². The Morgan fingerprint density at radius 2 is 1.87 bits per heavy atom. The van der Waals surface area contributed by atoms with Crippen LogP contribution in [0.1, 0.15) is 56.0 Å². The number of thioether (sulfide) groups is 1. The summed E-state index contributed by atoms with van der Waals surface area (Å²) in [6.45, 7) is 8.74. The second-order valence-electron chi connectivity index (χ2n) is 9.58. The topological polar surface area (TPSA) is 74.1 Å². The number of hydrogen-bond acceptors (Lipinski definition) is 5. The molecule has 1 fully saturated rings. The molecule has 0 saturated carbocycles. The Balaban J connectivity index is 1.57. The highest BCUT2D eigenvalue weighted by atomic mass is 32.2. The maximum absolute atomic E-state index is 13.0. The molecule has 5 nitrogen and oxygen atoms in total. The van der Waals surface area contributed by atoms with Crippen LogP contribution in [0.15, 0.2) is 35.4 Å². The predicted molar refractivity (Wildman–Crippen MR) is 122 cm³/mol. The maximum atomic E-state index is 13.0. The zero-order chi connectivity index (χ0) is 22.3. The lowest BCUT2D eigenvalue weighted by molar-refractivity contribution is -0.121. The Kier molecular flexibility index (Phi) is 5.65. The van der Waals surface area contributed by atoms with Gasteiger partial charge < -0.3 is 0 Å². The number of pyridine rings is 1. The predicted octanol–water partition coefficient (Wildman–Crippen LogP) is 4.84. The lowest BCUT2D eigenvalue weighted by atomic mass is 9.71. The van der Waals surface area contributed by atoms with E-state index in [9.17, 15) is 14.9 Å². The van der Waals surface area contributed by atoms with Gasteiger partial charge in [-0.3, -0.25) is 9.59 Å². The van der Waals surface area contributed by atoms with E-state index in [1.165, 1.54) is 16.7 Å². The minimum Gasteiger partial charge on any atom is -0.274 e. The van der Waals surface area contributed by atoms with E-state index in [-0.39, 0.29) is 23.7 Å². The number of nitriles is 1. The van der Waals surface area contributed by atoms with Gasteiger partial charge in [0.25, 0.3) is 0 Å². The van der Waals surface area contributed by atoms with Crippen molar-refractivity contribution in [2.24, 2.45) is 11.3 Å².